The molecule has 3 heterocycles. The van der Waals surface area contributed by atoms with Crippen LogP contribution >= 0.6 is 0 Å². The molecule has 0 spiro atoms. The van der Waals surface area contributed by atoms with Crippen molar-refractivity contribution in [3.63, 3.8) is 0 Å². The largest absolute Gasteiger partial charge is 0.371 e. The van der Waals surface area contributed by atoms with E-state index in [1.807, 2.05) is 30.6 Å². The Bertz CT molecular complexity index is 767. The fourth-order valence-electron chi connectivity index (χ4n) is 2.99. The maximum Gasteiger partial charge on any atom is 0.158 e. The highest BCUT2D eigenvalue weighted by Crippen LogP contribution is 2.29. The topological polar surface area (TPSA) is 39.9 Å². The third-order valence-electron chi connectivity index (χ3n) is 4.06. The summed E-state index contributed by atoms with van der Waals surface area (Å²) >= 11 is 0. The van der Waals surface area contributed by atoms with Gasteiger partial charge in [-0.3, -0.25) is 4.98 Å². The predicted molar refractivity (Wildman–Crippen MR) is 84.3 cm³/mol. The third kappa shape index (κ3) is 2.42. The molecule has 0 bridgehead atoms. The minimum absolute atomic E-state index is 0.0709. The lowest BCUT2D eigenvalue weighted by Gasteiger charge is -2.26. The molecule has 0 unspecified atom stereocenters. The molecule has 1 aliphatic heterocycles. The summed E-state index contributed by atoms with van der Waals surface area (Å²) in [5.74, 6) is 0.882. The second kappa shape index (κ2) is 5.73. The highest BCUT2D eigenvalue weighted by Gasteiger charge is 2.22. The number of pyridine rings is 1. The van der Waals surface area contributed by atoms with E-state index in [1.54, 1.807) is 6.20 Å². The van der Waals surface area contributed by atoms with Gasteiger partial charge < -0.3 is 9.30 Å². The van der Waals surface area contributed by atoms with Gasteiger partial charge in [-0.05, 0) is 29.7 Å². The van der Waals surface area contributed by atoms with Gasteiger partial charge in [-0.2, -0.15) is 0 Å². The van der Waals surface area contributed by atoms with E-state index < -0.39 is 0 Å². The van der Waals surface area contributed by atoms with E-state index in [0.717, 1.165) is 31.1 Å². The summed E-state index contributed by atoms with van der Waals surface area (Å²) in [4.78, 5) is 8.85. The maximum atomic E-state index is 6.00. The standard InChI is InChI=1S/C18H17N3O/c1-2-6-15-14(5-1)8-12-22-17(15)13-21-11-10-20-18(21)16-7-3-4-9-19-16/h1-7,9-11,17H,8,12-13H2/t17-/m0/s1. The van der Waals surface area contributed by atoms with E-state index in [9.17, 15) is 0 Å². The molecule has 0 fully saturated rings. The first-order chi connectivity index (χ1) is 10.9. The van der Waals surface area contributed by atoms with Crippen LogP contribution in [-0.4, -0.2) is 21.1 Å². The molecule has 0 aliphatic carbocycles. The van der Waals surface area contributed by atoms with E-state index in [2.05, 4.69) is 38.8 Å². The normalized spacial score (nSPS) is 17.2. The Labute approximate surface area is 129 Å². The lowest BCUT2D eigenvalue weighted by Crippen LogP contribution is -2.20. The first kappa shape index (κ1) is 13.2. The van der Waals surface area contributed by atoms with Crippen molar-refractivity contribution in [2.24, 2.45) is 0 Å². The van der Waals surface area contributed by atoms with E-state index in [4.69, 9.17) is 4.74 Å². The van der Waals surface area contributed by atoms with E-state index in [0.29, 0.717) is 0 Å². The summed E-state index contributed by atoms with van der Waals surface area (Å²) in [6.07, 6.45) is 6.66. The van der Waals surface area contributed by atoms with Gasteiger partial charge in [-0.15, -0.1) is 0 Å². The van der Waals surface area contributed by atoms with Crippen molar-refractivity contribution in [2.75, 3.05) is 6.61 Å². The summed E-state index contributed by atoms with van der Waals surface area (Å²) in [7, 11) is 0. The molecule has 0 saturated heterocycles. The van der Waals surface area contributed by atoms with Gasteiger partial charge in [-0.25, -0.2) is 4.98 Å². The second-order valence-corrected chi connectivity index (χ2v) is 5.43. The number of ether oxygens (including phenoxy) is 1. The number of fused-ring (bicyclic) bond motifs is 1. The second-order valence-electron chi connectivity index (χ2n) is 5.43. The zero-order chi connectivity index (χ0) is 14.8. The van der Waals surface area contributed by atoms with Gasteiger partial charge in [0.15, 0.2) is 5.82 Å². The molecule has 0 N–H and O–H groups in total. The molecule has 0 saturated carbocycles. The lowest BCUT2D eigenvalue weighted by molar-refractivity contribution is 0.0309. The van der Waals surface area contributed by atoms with Crippen LogP contribution < -0.4 is 0 Å². The van der Waals surface area contributed by atoms with Crippen molar-refractivity contribution >= 4 is 0 Å². The van der Waals surface area contributed by atoms with E-state index in [-0.39, 0.29) is 6.10 Å². The smallest absolute Gasteiger partial charge is 0.158 e. The molecule has 110 valence electrons. The van der Waals surface area contributed by atoms with Crippen molar-refractivity contribution in [3.8, 4) is 11.5 Å². The number of rotatable bonds is 3. The van der Waals surface area contributed by atoms with Crippen molar-refractivity contribution in [3.05, 3.63) is 72.2 Å². The number of imidazole rings is 1. The minimum atomic E-state index is 0.0709. The molecule has 22 heavy (non-hydrogen) atoms. The molecule has 4 heteroatoms. The summed E-state index contributed by atoms with van der Waals surface area (Å²) in [6.45, 7) is 1.53. The maximum absolute atomic E-state index is 6.00. The van der Waals surface area contributed by atoms with Crippen molar-refractivity contribution < 1.29 is 4.74 Å². The molecule has 0 amide bonds. The zero-order valence-electron chi connectivity index (χ0n) is 12.2. The van der Waals surface area contributed by atoms with Gasteiger partial charge in [0.05, 0.1) is 13.2 Å². The van der Waals surface area contributed by atoms with Crippen LogP contribution in [0.4, 0.5) is 0 Å². The molecule has 2 aromatic heterocycles. The number of hydrogen-bond donors (Lipinski definition) is 0. The highest BCUT2D eigenvalue weighted by molar-refractivity contribution is 5.49. The van der Waals surface area contributed by atoms with Crippen LogP contribution in [-0.2, 0) is 17.7 Å². The molecule has 1 aliphatic rings. The first-order valence-corrected chi connectivity index (χ1v) is 7.54. The SMILES string of the molecule is c1ccc(-c2nccn2C[C@@H]2OCCc3ccccc32)nc1. The van der Waals surface area contributed by atoms with E-state index >= 15 is 0 Å². The van der Waals surface area contributed by atoms with Crippen LogP contribution in [0, 0.1) is 0 Å². The average molecular weight is 291 g/mol. The monoisotopic (exact) mass is 291 g/mol. The average Bonchev–Trinajstić information content (AvgIpc) is 3.04. The minimum Gasteiger partial charge on any atom is -0.371 e. The molecule has 1 atom stereocenters. The van der Waals surface area contributed by atoms with Crippen molar-refractivity contribution in [1.82, 2.24) is 14.5 Å². The van der Waals surface area contributed by atoms with Gasteiger partial charge in [-0.1, -0.05) is 30.3 Å². The molecular formula is C18H17N3O. The van der Waals surface area contributed by atoms with Crippen molar-refractivity contribution in [1.29, 1.82) is 0 Å². The van der Waals surface area contributed by atoms with Gasteiger partial charge in [0.1, 0.15) is 11.8 Å². The first-order valence-electron chi connectivity index (χ1n) is 7.54. The molecule has 0 radical (unpaired) electrons. The van der Waals surface area contributed by atoms with Gasteiger partial charge in [0.25, 0.3) is 0 Å². The molecule has 4 rings (SSSR count). The van der Waals surface area contributed by atoms with Crippen LogP contribution in [0.1, 0.15) is 17.2 Å². The number of nitrogens with zero attached hydrogens (tertiary/aromatic N) is 3. The fourth-order valence-corrected chi connectivity index (χ4v) is 2.99. The third-order valence-corrected chi connectivity index (χ3v) is 4.06. The van der Waals surface area contributed by atoms with Crippen LogP contribution in [0.2, 0.25) is 0 Å². The molecule has 4 nitrogen and oxygen atoms in total. The fraction of sp³-hybridized carbons (Fsp3) is 0.222. The predicted octanol–water partition coefficient (Wildman–Crippen LogP) is 3.26. The zero-order valence-corrected chi connectivity index (χ0v) is 12.2. The Hall–Kier alpha value is -2.46. The van der Waals surface area contributed by atoms with Gasteiger partial charge in [0, 0.05) is 18.6 Å². The summed E-state index contributed by atoms with van der Waals surface area (Å²) in [5, 5.41) is 0. The lowest BCUT2D eigenvalue weighted by atomic mass is 9.97. The van der Waals surface area contributed by atoms with Crippen LogP contribution in [0.25, 0.3) is 11.5 Å². The number of aromatic nitrogens is 3. The Kier molecular flexibility index (Phi) is 3.45. The van der Waals surface area contributed by atoms with Crippen LogP contribution in [0.15, 0.2) is 61.1 Å². The van der Waals surface area contributed by atoms with Crippen LogP contribution in [0.5, 0.6) is 0 Å². The molecule has 3 aromatic rings. The number of benzene rings is 1. The van der Waals surface area contributed by atoms with Gasteiger partial charge in [0.2, 0.25) is 0 Å². The number of hydrogen-bond acceptors (Lipinski definition) is 3. The summed E-state index contributed by atoms with van der Waals surface area (Å²) < 4.78 is 8.12. The summed E-state index contributed by atoms with van der Waals surface area (Å²) in [6, 6.07) is 14.4. The Balaban J connectivity index is 1.65. The molecule has 1 aromatic carbocycles. The summed E-state index contributed by atoms with van der Waals surface area (Å²) in [5.41, 5.74) is 3.56. The Morgan fingerprint density at radius 1 is 1.05 bits per heavy atom. The Morgan fingerprint density at radius 2 is 1.95 bits per heavy atom. The van der Waals surface area contributed by atoms with E-state index in [1.165, 1.54) is 11.1 Å². The quantitative estimate of drug-likeness (QED) is 0.743. The van der Waals surface area contributed by atoms with Crippen LogP contribution in [0.3, 0.4) is 0 Å². The van der Waals surface area contributed by atoms with Crippen molar-refractivity contribution in [2.45, 2.75) is 19.1 Å². The molecular weight excluding hydrogens is 274 g/mol. The van der Waals surface area contributed by atoms with Gasteiger partial charge >= 0.3 is 0 Å². The highest BCUT2D eigenvalue weighted by atomic mass is 16.5. The Morgan fingerprint density at radius 3 is 2.86 bits per heavy atom.